The standard InChI is InChI=1S/C20H26N2OS/c1-13-8-14(2)11-22(10-13)19(23)12-24-18-9-16(4)17-7-5-6-15(3)20(17)21-18/h5-7,9,13-14H,8,10-12H2,1-4H3/t13-,14-/m1/s1. The molecule has 2 heterocycles. The molecule has 4 heteroatoms. The molecule has 3 rings (SSSR count). The smallest absolute Gasteiger partial charge is 0.233 e. The average Bonchev–Trinajstić information content (AvgIpc) is 2.52. The van der Waals surface area contributed by atoms with Crippen molar-refractivity contribution in [2.24, 2.45) is 11.8 Å². The van der Waals surface area contributed by atoms with Crippen LogP contribution in [0.15, 0.2) is 29.3 Å². The molecular formula is C20H26N2OS. The van der Waals surface area contributed by atoms with Crippen LogP contribution in [0.3, 0.4) is 0 Å². The highest BCUT2D eigenvalue weighted by atomic mass is 32.2. The number of fused-ring (bicyclic) bond motifs is 1. The van der Waals surface area contributed by atoms with Crippen LogP contribution in [0.4, 0.5) is 0 Å². The molecule has 24 heavy (non-hydrogen) atoms. The maximum atomic E-state index is 12.6. The molecule has 128 valence electrons. The minimum Gasteiger partial charge on any atom is -0.341 e. The summed E-state index contributed by atoms with van der Waals surface area (Å²) < 4.78 is 0. The van der Waals surface area contributed by atoms with E-state index in [4.69, 9.17) is 4.98 Å². The fraction of sp³-hybridized carbons (Fsp3) is 0.500. The van der Waals surface area contributed by atoms with E-state index < -0.39 is 0 Å². The first-order chi connectivity index (χ1) is 11.4. The lowest BCUT2D eigenvalue weighted by Gasteiger charge is -2.35. The van der Waals surface area contributed by atoms with Crippen molar-refractivity contribution in [3.05, 3.63) is 35.4 Å². The van der Waals surface area contributed by atoms with Crippen LogP contribution in [-0.2, 0) is 4.79 Å². The molecule has 1 aromatic carbocycles. The number of amides is 1. The van der Waals surface area contributed by atoms with Crippen molar-refractivity contribution in [3.8, 4) is 0 Å². The number of hydrogen-bond acceptors (Lipinski definition) is 3. The molecule has 1 fully saturated rings. The third-order valence-electron chi connectivity index (χ3n) is 4.79. The Bertz CT molecular complexity index is 749. The predicted molar refractivity (Wildman–Crippen MR) is 101 cm³/mol. The molecule has 2 atom stereocenters. The highest BCUT2D eigenvalue weighted by molar-refractivity contribution is 7.99. The highest BCUT2D eigenvalue weighted by Crippen LogP contribution is 2.27. The first kappa shape index (κ1) is 17.3. The van der Waals surface area contributed by atoms with Crippen LogP contribution >= 0.6 is 11.8 Å². The van der Waals surface area contributed by atoms with Gasteiger partial charge in [0.2, 0.25) is 5.91 Å². The van der Waals surface area contributed by atoms with E-state index >= 15 is 0 Å². The Kier molecular flexibility index (Phi) is 5.14. The second-order valence-corrected chi connectivity index (χ2v) is 8.28. The van der Waals surface area contributed by atoms with E-state index in [9.17, 15) is 4.79 Å². The Morgan fingerprint density at radius 1 is 1.21 bits per heavy atom. The van der Waals surface area contributed by atoms with Crippen molar-refractivity contribution in [1.82, 2.24) is 9.88 Å². The van der Waals surface area contributed by atoms with Gasteiger partial charge in [-0.15, -0.1) is 0 Å². The number of hydrogen-bond donors (Lipinski definition) is 0. The van der Waals surface area contributed by atoms with Crippen LogP contribution in [-0.4, -0.2) is 34.6 Å². The van der Waals surface area contributed by atoms with Gasteiger partial charge in [0.1, 0.15) is 0 Å². The van der Waals surface area contributed by atoms with Gasteiger partial charge in [0.15, 0.2) is 0 Å². The van der Waals surface area contributed by atoms with Crippen LogP contribution in [0.25, 0.3) is 10.9 Å². The van der Waals surface area contributed by atoms with Crippen molar-refractivity contribution >= 4 is 28.6 Å². The topological polar surface area (TPSA) is 33.2 Å². The minimum atomic E-state index is 0.239. The molecule has 1 saturated heterocycles. The average molecular weight is 343 g/mol. The normalized spacial score (nSPS) is 21.2. The molecule has 0 aliphatic carbocycles. The lowest BCUT2D eigenvalue weighted by molar-refractivity contribution is -0.130. The molecule has 0 spiro atoms. The van der Waals surface area contributed by atoms with Gasteiger partial charge in [-0.05, 0) is 49.3 Å². The van der Waals surface area contributed by atoms with Crippen LogP contribution < -0.4 is 0 Å². The number of aryl methyl sites for hydroxylation is 2. The molecule has 0 radical (unpaired) electrons. The van der Waals surface area contributed by atoms with Gasteiger partial charge in [-0.2, -0.15) is 0 Å². The summed E-state index contributed by atoms with van der Waals surface area (Å²) in [6.45, 7) is 10.5. The van der Waals surface area contributed by atoms with E-state index in [-0.39, 0.29) is 5.91 Å². The third-order valence-corrected chi connectivity index (χ3v) is 5.69. The summed E-state index contributed by atoms with van der Waals surface area (Å²) in [5, 5.41) is 2.14. The zero-order chi connectivity index (χ0) is 17.3. The zero-order valence-corrected chi connectivity index (χ0v) is 15.8. The van der Waals surface area contributed by atoms with Gasteiger partial charge in [-0.3, -0.25) is 4.79 Å². The molecule has 1 aliphatic rings. The Labute approximate surface area is 148 Å². The molecule has 0 bridgehead atoms. The Morgan fingerprint density at radius 2 is 1.92 bits per heavy atom. The summed E-state index contributed by atoms with van der Waals surface area (Å²) in [5.41, 5.74) is 3.45. The lowest BCUT2D eigenvalue weighted by atomic mass is 9.92. The fourth-order valence-corrected chi connectivity index (χ4v) is 4.57. The van der Waals surface area contributed by atoms with Crippen molar-refractivity contribution in [2.45, 2.75) is 39.1 Å². The van der Waals surface area contributed by atoms with Crippen LogP contribution in [0.5, 0.6) is 0 Å². The van der Waals surface area contributed by atoms with Gasteiger partial charge in [0.05, 0.1) is 16.3 Å². The van der Waals surface area contributed by atoms with Gasteiger partial charge in [-0.25, -0.2) is 4.98 Å². The van der Waals surface area contributed by atoms with E-state index in [1.54, 1.807) is 11.8 Å². The summed E-state index contributed by atoms with van der Waals surface area (Å²) in [7, 11) is 0. The number of piperidine rings is 1. The zero-order valence-electron chi connectivity index (χ0n) is 15.0. The number of carbonyl (C=O) groups is 1. The number of aromatic nitrogens is 1. The Morgan fingerprint density at radius 3 is 2.62 bits per heavy atom. The summed E-state index contributed by atoms with van der Waals surface area (Å²) in [6, 6.07) is 8.37. The van der Waals surface area contributed by atoms with Gasteiger partial charge in [-0.1, -0.05) is 43.8 Å². The summed E-state index contributed by atoms with van der Waals surface area (Å²) in [5.74, 6) is 1.92. The fourth-order valence-electron chi connectivity index (χ4n) is 3.70. The van der Waals surface area contributed by atoms with Crippen molar-refractivity contribution in [3.63, 3.8) is 0 Å². The predicted octanol–water partition coefficient (Wildman–Crippen LogP) is 4.45. The maximum Gasteiger partial charge on any atom is 0.233 e. The maximum absolute atomic E-state index is 12.6. The number of carbonyl (C=O) groups excluding carboxylic acids is 1. The van der Waals surface area contributed by atoms with Crippen molar-refractivity contribution < 1.29 is 4.79 Å². The molecule has 1 aromatic heterocycles. The number of nitrogens with zero attached hydrogens (tertiary/aromatic N) is 2. The van der Waals surface area contributed by atoms with E-state index in [0.29, 0.717) is 17.6 Å². The summed E-state index contributed by atoms with van der Waals surface area (Å²) in [4.78, 5) is 19.4. The van der Waals surface area contributed by atoms with Crippen LogP contribution in [0.1, 0.15) is 31.4 Å². The first-order valence-electron chi connectivity index (χ1n) is 8.71. The summed E-state index contributed by atoms with van der Waals surface area (Å²) >= 11 is 1.56. The lowest BCUT2D eigenvalue weighted by Crippen LogP contribution is -2.43. The van der Waals surface area contributed by atoms with E-state index in [1.165, 1.54) is 22.9 Å². The number of rotatable bonds is 3. The van der Waals surface area contributed by atoms with Gasteiger partial charge in [0, 0.05) is 18.5 Å². The third kappa shape index (κ3) is 3.75. The number of likely N-dealkylation sites (tertiary alicyclic amines) is 1. The molecule has 0 N–H and O–H groups in total. The number of thioether (sulfide) groups is 1. The van der Waals surface area contributed by atoms with Gasteiger partial charge >= 0.3 is 0 Å². The molecular weight excluding hydrogens is 316 g/mol. The Hall–Kier alpha value is -1.55. The second kappa shape index (κ2) is 7.14. The molecule has 2 aromatic rings. The Balaban J connectivity index is 1.71. The van der Waals surface area contributed by atoms with E-state index in [0.717, 1.165) is 23.6 Å². The van der Waals surface area contributed by atoms with E-state index in [2.05, 4.69) is 52.0 Å². The molecule has 1 amide bonds. The van der Waals surface area contributed by atoms with Crippen molar-refractivity contribution in [1.29, 1.82) is 0 Å². The van der Waals surface area contributed by atoms with E-state index in [1.807, 2.05) is 4.90 Å². The first-order valence-corrected chi connectivity index (χ1v) is 9.70. The second-order valence-electron chi connectivity index (χ2n) is 7.28. The largest absolute Gasteiger partial charge is 0.341 e. The van der Waals surface area contributed by atoms with Gasteiger partial charge < -0.3 is 4.90 Å². The van der Waals surface area contributed by atoms with Crippen molar-refractivity contribution in [2.75, 3.05) is 18.8 Å². The SMILES string of the molecule is Cc1cc(SCC(=O)N2C[C@H](C)C[C@@H](C)C2)nc2c(C)cccc12. The number of benzene rings is 1. The molecule has 1 aliphatic heterocycles. The van der Waals surface area contributed by atoms with Crippen LogP contribution in [0, 0.1) is 25.7 Å². The summed E-state index contributed by atoms with van der Waals surface area (Å²) in [6.07, 6.45) is 1.22. The van der Waals surface area contributed by atoms with Crippen LogP contribution in [0.2, 0.25) is 0 Å². The molecule has 0 unspecified atom stereocenters. The molecule has 3 nitrogen and oxygen atoms in total. The quantitative estimate of drug-likeness (QED) is 0.773. The monoisotopic (exact) mass is 342 g/mol. The minimum absolute atomic E-state index is 0.239. The number of para-hydroxylation sites is 1. The number of pyridine rings is 1. The molecule has 0 saturated carbocycles. The van der Waals surface area contributed by atoms with Gasteiger partial charge in [0.25, 0.3) is 0 Å². The highest BCUT2D eigenvalue weighted by Gasteiger charge is 2.25.